The molecule has 0 saturated carbocycles. The molecule has 140 valence electrons. The minimum atomic E-state index is -0.0513. The number of rotatable bonds is 7. The van der Waals surface area contributed by atoms with Gasteiger partial charge in [0.25, 0.3) is 5.91 Å². The minimum Gasteiger partial charge on any atom is -0.489 e. The lowest BCUT2D eigenvalue weighted by Crippen LogP contribution is -2.27. The largest absolute Gasteiger partial charge is 0.489 e. The molecular weight excluding hydrogens is 378 g/mol. The zero-order valence-electron chi connectivity index (χ0n) is 15.4. The van der Waals surface area contributed by atoms with Gasteiger partial charge in [-0.2, -0.15) is 0 Å². The fraction of sp³-hybridized carbons (Fsp3) is 0.227. The highest BCUT2D eigenvalue weighted by Crippen LogP contribution is 2.24. The SMILES string of the molecule is CCC(NC(=O)c1cc(COc2ccc(Cl)cc2C)cs1)c1ccccc1. The van der Waals surface area contributed by atoms with Crippen molar-refractivity contribution in [2.24, 2.45) is 0 Å². The highest BCUT2D eigenvalue weighted by atomic mass is 35.5. The van der Waals surface area contributed by atoms with Crippen LogP contribution in [-0.4, -0.2) is 5.91 Å². The van der Waals surface area contributed by atoms with Gasteiger partial charge in [-0.25, -0.2) is 0 Å². The third kappa shape index (κ3) is 5.12. The van der Waals surface area contributed by atoms with E-state index < -0.39 is 0 Å². The summed E-state index contributed by atoms with van der Waals surface area (Å²) < 4.78 is 5.86. The van der Waals surface area contributed by atoms with Crippen LogP contribution in [0.25, 0.3) is 0 Å². The van der Waals surface area contributed by atoms with Crippen molar-refractivity contribution >= 4 is 28.8 Å². The van der Waals surface area contributed by atoms with Gasteiger partial charge in [0.15, 0.2) is 0 Å². The number of amides is 1. The molecule has 1 unspecified atom stereocenters. The Hall–Kier alpha value is -2.30. The Balaban J connectivity index is 1.61. The first-order valence-electron chi connectivity index (χ1n) is 8.89. The summed E-state index contributed by atoms with van der Waals surface area (Å²) in [4.78, 5) is 13.3. The molecule has 0 spiro atoms. The number of carbonyl (C=O) groups excluding carboxylic acids is 1. The van der Waals surface area contributed by atoms with Gasteiger partial charge in [-0.15, -0.1) is 11.3 Å². The van der Waals surface area contributed by atoms with Crippen LogP contribution in [0.2, 0.25) is 5.02 Å². The zero-order valence-corrected chi connectivity index (χ0v) is 16.9. The van der Waals surface area contributed by atoms with Crippen molar-refractivity contribution in [2.75, 3.05) is 0 Å². The Bertz CT molecular complexity index is 908. The van der Waals surface area contributed by atoms with Gasteiger partial charge in [-0.05, 0) is 54.1 Å². The third-order valence-corrected chi connectivity index (χ3v) is 5.54. The summed E-state index contributed by atoms with van der Waals surface area (Å²) in [6.07, 6.45) is 0.840. The summed E-state index contributed by atoms with van der Waals surface area (Å²) in [5.41, 5.74) is 3.09. The lowest BCUT2D eigenvalue weighted by atomic mass is 10.0. The van der Waals surface area contributed by atoms with Gasteiger partial charge >= 0.3 is 0 Å². The van der Waals surface area contributed by atoms with Crippen molar-refractivity contribution in [3.63, 3.8) is 0 Å². The first-order valence-corrected chi connectivity index (χ1v) is 10.1. The van der Waals surface area contributed by atoms with Gasteiger partial charge in [0.05, 0.1) is 10.9 Å². The maximum absolute atomic E-state index is 12.6. The molecule has 0 fully saturated rings. The summed E-state index contributed by atoms with van der Waals surface area (Å²) in [6.45, 7) is 4.45. The number of hydrogen-bond donors (Lipinski definition) is 1. The predicted molar refractivity (Wildman–Crippen MR) is 112 cm³/mol. The van der Waals surface area contributed by atoms with Crippen LogP contribution in [0.5, 0.6) is 5.75 Å². The Morgan fingerprint density at radius 2 is 1.96 bits per heavy atom. The first-order chi connectivity index (χ1) is 13.1. The van der Waals surface area contributed by atoms with Crippen molar-refractivity contribution in [3.8, 4) is 5.75 Å². The van der Waals surface area contributed by atoms with Crippen molar-refractivity contribution in [1.29, 1.82) is 0 Å². The number of ether oxygens (including phenoxy) is 1. The third-order valence-electron chi connectivity index (χ3n) is 4.32. The molecule has 3 nitrogen and oxygen atoms in total. The highest BCUT2D eigenvalue weighted by Gasteiger charge is 2.15. The minimum absolute atomic E-state index is 0.0113. The number of benzene rings is 2. The van der Waals surface area contributed by atoms with E-state index in [4.69, 9.17) is 16.3 Å². The number of halogens is 1. The van der Waals surface area contributed by atoms with E-state index in [1.54, 1.807) is 0 Å². The van der Waals surface area contributed by atoms with Gasteiger partial charge in [-0.1, -0.05) is 48.9 Å². The molecule has 2 aromatic carbocycles. The number of nitrogens with one attached hydrogen (secondary N) is 1. The lowest BCUT2D eigenvalue weighted by Gasteiger charge is -2.16. The molecule has 1 atom stereocenters. The second-order valence-electron chi connectivity index (χ2n) is 6.36. The quantitative estimate of drug-likeness (QED) is 0.515. The molecule has 1 N–H and O–H groups in total. The molecule has 1 heterocycles. The molecule has 3 aromatic rings. The van der Waals surface area contributed by atoms with Gasteiger partial charge < -0.3 is 10.1 Å². The van der Waals surface area contributed by atoms with Crippen LogP contribution in [0.3, 0.4) is 0 Å². The van der Waals surface area contributed by atoms with E-state index in [-0.39, 0.29) is 11.9 Å². The van der Waals surface area contributed by atoms with E-state index in [2.05, 4.69) is 12.2 Å². The molecule has 1 amide bonds. The van der Waals surface area contributed by atoms with Crippen LogP contribution in [0.4, 0.5) is 0 Å². The average Bonchev–Trinajstić information content (AvgIpc) is 3.15. The Labute approximate surface area is 169 Å². The van der Waals surface area contributed by atoms with E-state index in [1.807, 2.05) is 66.9 Å². The van der Waals surface area contributed by atoms with Crippen molar-refractivity contribution in [1.82, 2.24) is 5.32 Å². The second kappa shape index (κ2) is 9.07. The van der Waals surface area contributed by atoms with Crippen LogP contribution in [0.1, 0.15) is 45.7 Å². The topological polar surface area (TPSA) is 38.3 Å². The number of thiophene rings is 1. The normalized spacial score (nSPS) is 11.8. The molecule has 1 aromatic heterocycles. The molecule has 0 saturated heterocycles. The fourth-order valence-corrected chi connectivity index (χ4v) is 3.87. The standard InChI is InChI=1S/C22H22ClNO2S/c1-3-19(17-7-5-4-6-8-17)24-22(25)21-12-16(14-27-21)13-26-20-10-9-18(23)11-15(20)2/h4-12,14,19H,3,13H2,1-2H3,(H,24,25). The van der Waals surface area contributed by atoms with E-state index in [9.17, 15) is 4.79 Å². The van der Waals surface area contributed by atoms with E-state index >= 15 is 0 Å². The van der Waals surface area contributed by atoms with Crippen LogP contribution in [0, 0.1) is 6.92 Å². The Kier molecular flexibility index (Phi) is 6.54. The number of carbonyl (C=O) groups is 1. The monoisotopic (exact) mass is 399 g/mol. The fourth-order valence-electron chi connectivity index (χ4n) is 2.84. The molecule has 0 radical (unpaired) electrons. The van der Waals surface area contributed by atoms with E-state index in [0.29, 0.717) is 16.5 Å². The van der Waals surface area contributed by atoms with Crippen molar-refractivity contribution in [2.45, 2.75) is 32.9 Å². The lowest BCUT2D eigenvalue weighted by molar-refractivity contribution is 0.0939. The molecule has 5 heteroatoms. The van der Waals surface area contributed by atoms with Gasteiger partial charge in [0.2, 0.25) is 0 Å². The summed E-state index contributed by atoms with van der Waals surface area (Å²) in [7, 11) is 0. The van der Waals surface area contributed by atoms with Gasteiger partial charge in [0.1, 0.15) is 12.4 Å². The van der Waals surface area contributed by atoms with E-state index in [1.165, 1.54) is 11.3 Å². The smallest absolute Gasteiger partial charge is 0.261 e. The van der Waals surface area contributed by atoms with Gasteiger partial charge in [0, 0.05) is 10.6 Å². The highest BCUT2D eigenvalue weighted by molar-refractivity contribution is 7.12. The number of hydrogen-bond acceptors (Lipinski definition) is 3. The second-order valence-corrected chi connectivity index (χ2v) is 7.71. The zero-order chi connectivity index (χ0) is 19.2. The summed E-state index contributed by atoms with van der Waals surface area (Å²) >= 11 is 7.41. The maximum Gasteiger partial charge on any atom is 0.261 e. The molecule has 0 aliphatic heterocycles. The van der Waals surface area contributed by atoms with E-state index in [0.717, 1.165) is 28.9 Å². The molecule has 27 heavy (non-hydrogen) atoms. The molecule has 0 aliphatic carbocycles. The summed E-state index contributed by atoms with van der Waals surface area (Å²) in [5.74, 6) is 0.747. The Morgan fingerprint density at radius 1 is 1.19 bits per heavy atom. The number of aryl methyl sites for hydroxylation is 1. The summed E-state index contributed by atoms with van der Waals surface area (Å²) in [6, 6.07) is 17.5. The van der Waals surface area contributed by atoms with Crippen molar-refractivity contribution in [3.05, 3.63) is 86.6 Å². The Morgan fingerprint density at radius 3 is 2.67 bits per heavy atom. The first kappa shape index (κ1) is 19.5. The molecule has 0 bridgehead atoms. The molecular formula is C22H22ClNO2S. The van der Waals surface area contributed by atoms with Crippen molar-refractivity contribution < 1.29 is 9.53 Å². The average molecular weight is 400 g/mol. The van der Waals surface area contributed by atoms with Crippen LogP contribution < -0.4 is 10.1 Å². The maximum atomic E-state index is 12.6. The summed E-state index contributed by atoms with van der Waals surface area (Å²) in [5, 5.41) is 5.77. The van der Waals surface area contributed by atoms with Crippen LogP contribution in [0.15, 0.2) is 60.0 Å². The molecule has 0 aliphatic rings. The predicted octanol–water partition coefficient (Wildman–Crippen LogP) is 6.17. The molecule has 3 rings (SSSR count). The van der Waals surface area contributed by atoms with Crippen LogP contribution in [-0.2, 0) is 6.61 Å². The van der Waals surface area contributed by atoms with Crippen LogP contribution >= 0.6 is 22.9 Å². The van der Waals surface area contributed by atoms with Gasteiger partial charge in [-0.3, -0.25) is 4.79 Å².